The zero-order chi connectivity index (χ0) is 13.8. The van der Waals surface area contributed by atoms with Gasteiger partial charge >= 0.3 is 0 Å². The van der Waals surface area contributed by atoms with E-state index in [1.807, 2.05) is 0 Å². The van der Waals surface area contributed by atoms with Gasteiger partial charge in [-0.15, -0.1) is 0 Å². The zero-order valence-electron chi connectivity index (χ0n) is 12.0. The van der Waals surface area contributed by atoms with E-state index in [1.165, 1.54) is 5.56 Å². The highest BCUT2D eigenvalue weighted by molar-refractivity contribution is 5.26. The molecule has 3 heteroatoms. The first kappa shape index (κ1) is 14.5. The third-order valence-electron chi connectivity index (χ3n) is 4.05. The molecular weight excluding hydrogens is 236 g/mol. The largest absolute Gasteiger partial charge is 0.387 e. The number of rotatable bonds is 4. The van der Waals surface area contributed by atoms with Gasteiger partial charge in [-0.1, -0.05) is 38.1 Å². The molecule has 1 unspecified atom stereocenters. The van der Waals surface area contributed by atoms with Crippen molar-refractivity contribution in [2.45, 2.75) is 44.8 Å². The number of nitrogens with zero attached hydrogens (tertiary/aromatic N) is 1. The molecule has 3 nitrogen and oxygen atoms in total. The van der Waals surface area contributed by atoms with Crippen LogP contribution in [-0.4, -0.2) is 35.7 Å². The number of aliphatic hydroxyl groups is 1. The first-order valence-electron chi connectivity index (χ1n) is 7.32. The first-order valence-corrected chi connectivity index (χ1v) is 7.32. The summed E-state index contributed by atoms with van der Waals surface area (Å²) in [5.41, 5.74) is 8.23. The second-order valence-electron chi connectivity index (χ2n) is 5.98. The van der Waals surface area contributed by atoms with Gasteiger partial charge < -0.3 is 15.7 Å². The van der Waals surface area contributed by atoms with E-state index in [0.717, 1.165) is 31.5 Å². The van der Waals surface area contributed by atoms with Gasteiger partial charge in [0.25, 0.3) is 0 Å². The molecule has 1 saturated heterocycles. The van der Waals surface area contributed by atoms with Gasteiger partial charge in [0.05, 0.1) is 6.10 Å². The predicted molar refractivity (Wildman–Crippen MR) is 79.1 cm³/mol. The van der Waals surface area contributed by atoms with E-state index in [0.29, 0.717) is 18.5 Å². The molecule has 0 amide bonds. The summed E-state index contributed by atoms with van der Waals surface area (Å²) in [4.78, 5) is 2.31. The van der Waals surface area contributed by atoms with Gasteiger partial charge in [-0.3, -0.25) is 0 Å². The van der Waals surface area contributed by atoms with Crippen molar-refractivity contribution in [1.29, 1.82) is 0 Å². The summed E-state index contributed by atoms with van der Waals surface area (Å²) in [7, 11) is 0. The number of benzene rings is 1. The third-order valence-corrected chi connectivity index (χ3v) is 4.05. The van der Waals surface area contributed by atoms with Crippen molar-refractivity contribution in [3.63, 3.8) is 0 Å². The van der Waals surface area contributed by atoms with Gasteiger partial charge in [-0.25, -0.2) is 0 Å². The van der Waals surface area contributed by atoms with Crippen molar-refractivity contribution in [2.24, 2.45) is 5.73 Å². The smallest absolute Gasteiger partial charge is 0.0916 e. The fourth-order valence-electron chi connectivity index (χ4n) is 2.59. The highest BCUT2D eigenvalue weighted by Crippen LogP contribution is 2.20. The number of hydrogen-bond acceptors (Lipinski definition) is 3. The van der Waals surface area contributed by atoms with Crippen molar-refractivity contribution >= 4 is 0 Å². The predicted octanol–water partition coefficient (Wildman–Crippen LogP) is 2.27. The lowest BCUT2D eigenvalue weighted by Gasteiger charge is -2.31. The Bertz CT molecular complexity index is 380. The van der Waals surface area contributed by atoms with Crippen LogP contribution in [0, 0.1) is 0 Å². The Morgan fingerprint density at radius 1 is 1.16 bits per heavy atom. The maximum atomic E-state index is 10.3. The second kappa shape index (κ2) is 6.51. The SMILES string of the molecule is CC(C)c1ccc(C(O)CN2CCC(N)CC2)cc1. The Hall–Kier alpha value is -0.900. The molecule has 0 aromatic heterocycles. The molecule has 1 heterocycles. The molecule has 1 aromatic rings. The Morgan fingerprint density at radius 3 is 2.21 bits per heavy atom. The molecule has 0 bridgehead atoms. The van der Waals surface area contributed by atoms with E-state index in [4.69, 9.17) is 5.73 Å². The fraction of sp³-hybridized carbons (Fsp3) is 0.625. The van der Waals surface area contributed by atoms with Crippen molar-refractivity contribution in [3.05, 3.63) is 35.4 Å². The second-order valence-corrected chi connectivity index (χ2v) is 5.98. The monoisotopic (exact) mass is 262 g/mol. The maximum absolute atomic E-state index is 10.3. The summed E-state index contributed by atoms with van der Waals surface area (Å²) < 4.78 is 0. The Balaban J connectivity index is 1.90. The van der Waals surface area contributed by atoms with Crippen LogP contribution in [0.15, 0.2) is 24.3 Å². The van der Waals surface area contributed by atoms with E-state index in [-0.39, 0.29) is 0 Å². The van der Waals surface area contributed by atoms with Crippen molar-refractivity contribution in [3.8, 4) is 0 Å². The molecule has 2 rings (SSSR count). The van der Waals surface area contributed by atoms with Gasteiger partial charge in [0, 0.05) is 12.6 Å². The molecular formula is C16H26N2O. The number of nitrogens with two attached hydrogens (primary N) is 1. The zero-order valence-corrected chi connectivity index (χ0v) is 12.0. The summed E-state index contributed by atoms with van der Waals surface area (Å²) in [6.45, 7) is 7.09. The van der Waals surface area contributed by atoms with Crippen LogP contribution in [0.3, 0.4) is 0 Å². The molecule has 0 saturated carbocycles. The summed E-state index contributed by atoms with van der Waals surface area (Å²) in [5, 5.41) is 10.3. The van der Waals surface area contributed by atoms with Gasteiger partial charge in [0.1, 0.15) is 0 Å². The Labute approximate surface area is 116 Å². The van der Waals surface area contributed by atoms with E-state index >= 15 is 0 Å². The maximum Gasteiger partial charge on any atom is 0.0916 e. The van der Waals surface area contributed by atoms with Gasteiger partial charge in [0.2, 0.25) is 0 Å². The lowest BCUT2D eigenvalue weighted by Crippen LogP contribution is -2.41. The van der Waals surface area contributed by atoms with Crippen LogP contribution in [0.2, 0.25) is 0 Å². The van der Waals surface area contributed by atoms with Gasteiger partial charge in [-0.05, 0) is 43.0 Å². The summed E-state index contributed by atoms with van der Waals surface area (Å²) in [5.74, 6) is 0.537. The summed E-state index contributed by atoms with van der Waals surface area (Å²) >= 11 is 0. The minimum Gasteiger partial charge on any atom is -0.387 e. The normalized spacial score (nSPS) is 19.8. The highest BCUT2D eigenvalue weighted by Gasteiger charge is 2.19. The van der Waals surface area contributed by atoms with Crippen LogP contribution in [0.5, 0.6) is 0 Å². The van der Waals surface area contributed by atoms with Crippen LogP contribution in [-0.2, 0) is 0 Å². The number of likely N-dealkylation sites (tertiary alicyclic amines) is 1. The molecule has 0 radical (unpaired) electrons. The standard InChI is InChI=1S/C16H26N2O/c1-12(2)13-3-5-14(6-4-13)16(19)11-18-9-7-15(17)8-10-18/h3-6,12,15-16,19H,7-11,17H2,1-2H3. The van der Waals surface area contributed by atoms with E-state index < -0.39 is 6.10 Å². The van der Waals surface area contributed by atoms with Gasteiger partial charge in [-0.2, -0.15) is 0 Å². The minimum atomic E-state index is -0.393. The summed E-state index contributed by atoms with van der Waals surface area (Å²) in [6, 6.07) is 8.69. The molecule has 0 spiro atoms. The van der Waals surface area contributed by atoms with E-state index in [9.17, 15) is 5.11 Å². The lowest BCUT2D eigenvalue weighted by atomic mass is 9.99. The molecule has 3 N–H and O–H groups in total. The molecule has 0 aliphatic carbocycles. The molecule has 106 valence electrons. The van der Waals surface area contributed by atoms with Crippen LogP contribution >= 0.6 is 0 Å². The Kier molecular flexibility index (Phi) is 4.97. The van der Waals surface area contributed by atoms with Crippen LogP contribution < -0.4 is 5.73 Å². The third kappa shape index (κ3) is 4.03. The summed E-state index contributed by atoms with van der Waals surface area (Å²) in [6.07, 6.45) is 1.69. The van der Waals surface area contributed by atoms with Gasteiger partial charge in [0.15, 0.2) is 0 Å². The molecule has 1 aromatic carbocycles. The average Bonchev–Trinajstić information content (AvgIpc) is 2.41. The molecule has 1 aliphatic heterocycles. The molecule has 1 fully saturated rings. The van der Waals surface area contributed by atoms with E-state index in [1.54, 1.807) is 0 Å². The highest BCUT2D eigenvalue weighted by atomic mass is 16.3. The molecule has 19 heavy (non-hydrogen) atoms. The van der Waals surface area contributed by atoms with Crippen molar-refractivity contribution < 1.29 is 5.11 Å². The fourth-order valence-corrected chi connectivity index (χ4v) is 2.59. The lowest BCUT2D eigenvalue weighted by molar-refractivity contribution is 0.0977. The van der Waals surface area contributed by atoms with Crippen molar-refractivity contribution in [2.75, 3.05) is 19.6 Å². The number of piperidine rings is 1. The minimum absolute atomic E-state index is 0.346. The van der Waals surface area contributed by atoms with Crippen LogP contribution in [0.1, 0.15) is 49.8 Å². The first-order chi connectivity index (χ1) is 9.06. The number of β-amino-alcohol motifs (C(OH)–C–C–N with tert-alkyl or cyclic N) is 1. The number of hydrogen-bond donors (Lipinski definition) is 2. The van der Waals surface area contributed by atoms with E-state index in [2.05, 4.69) is 43.0 Å². The quantitative estimate of drug-likeness (QED) is 0.875. The van der Waals surface area contributed by atoms with Crippen LogP contribution in [0.4, 0.5) is 0 Å². The molecule has 1 atom stereocenters. The molecule has 1 aliphatic rings. The van der Waals surface area contributed by atoms with Crippen molar-refractivity contribution in [1.82, 2.24) is 4.90 Å². The van der Waals surface area contributed by atoms with Crippen LogP contribution in [0.25, 0.3) is 0 Å². The average molecular weight is 262 g/mol. The Morgan fingerprint density at radius 2 is 1.68 bits per heavy atom. The topological polar surface area (TPSA) is 49.5 Å². The number of aliphatic hydroxyl groups excluding tert-OH is 1.